The summed E-state index contributed by atoms with van der Waals surface area (Å²) in [6.45, 7) is 2.73. The summed E-state index contributed by atoms with van der Waals surface area (Å²) in [6.07, 6.45) is 2.85. The molecule has 27 heavy (non-hydrogen) atoms. The van der Waals surface area contributed by atoms with E-state index in [4.69, 9.17) is 4.74 Å². The molecule has 0 aliphatic carbocycles. The lowest BCUT2D eigenvalue weighted by molar-refractivity contribution is -0.126. The second-order valence-corrected chi connectivity index (χ2v) is 8.27. The van der Waals surface area contributed by atoms with E-state index in [0.717, 1.165) is 37.5 Å². The van der Waals surface area contributed by atoms with Crippen LogP contribution in [0.25, 0.3) is 10.9 Å². The van der Waals surface area contributed by atoms with Gasteiger partial charge in [-0.25, -0.2) is 0 Å². The lowest BCUT2D eigenvalue weighted by Gasteiger charge is -2.33. The van der Waals surface area contributed by atoms with E-state index < -0.39 is 6.10 Å². The lowest BCUT2D eigenvalue weighted by Crippen LogP contribution is -2.47. The molecule has 1 aliphatic heterocycles. The third kappa shape index (κ3) is 3.60. The molecule has 0 radical (unpaired) electrons. The van der Waals surface area contributed by atoms with Crippen molar-refractivity contribution in [2.75, 3.05) is 11.4 Å². The molecular formula is C21H18Br2N2O2. The van der Waals surface area contributed by atoms with Gasteiger partial charge in [-0.3, -0.25) is 9.78 Å². The second kappa shape index (κ2) is 7.60. The summed E-state index contributed by atoms with van der Waals surface area (Å²) in [5.74, 6) is 0.643. The average molecular weight is 490 g/mol. The Morgan fingerprint density at radius 1 is 1.19 bits per heavy atom. The molecule has 1 aromatic heterocycles. The van der Waals surface area contributed by atoms with Crippen molar-refractivity contribution in [1.82, 2.24) is 4.98 Å². The SMILES string of the molecule is Cc1cc(N2CCCC(Oc3ccc4cccnc4c3Br)C2=O)ccc1Br. The summed E-state index contributed by atoms with van der Waals surface area (Å²) in [7, 11) is 0. The molecule has 1 aliphatic rings. The molecule has 0 bridgehead atoms. The summed E-state index contributed by atoms with van der Waals surface area (Å²) in [4.78, 5) is 19.3. The van der Waals surface area contributed by atoms with Crippen molar-refractivity contribution in [2.24, 2.45) is 0 Å². The molecule has 0 N–H and O–H groups in total. The van der Waals surface area contributed by atoms with Gasteiger partial charge in [0, 0.05) is 28.3 Å². The molecule has 0 spiro atoms. The van der Waals surface area contributed by atoms with Crippen LogP contribution in [0.4, 0.5) is 5.69 Å². The Morgan fingerprint density at radius 2 is 2.04 bits per heavy atom. The van der Waals surface area contributed by atoms with Crippen molar-refractivity contribution >= 4 is 54.4 Å². The zero-order chi connectivity index (χ0) is 19.0. The molecule has 6 heteroatoms. The topological polar surface area (TPSA) is 42.4 Å². The first-order valence-corrected chi connectivity index (χ1v) is 10.4. The molecule has 0 saturated carbocycles. The number of fused-ring (bicyclic) bond motifs is 1. The van der Waals surface area contributed by atoms with Crippen molar-refractivity contribution in [3.05, 3.63) is 63.2 Å². The monoisotopic (exact) mass is 488 g/mol. The van der Waals surface area contributed by atoms with Crippen molar-refractivity contribution in [3.8, 4) is 5.75 Å². The molecular weight excluding hydrogens is 472 g/mol. The largest absolute Gasteiger partial charge is 0.479 e. The fourth-order valence-electron chi connectivity index (χ4n) is 3.34. The van der Waals surface area contributed by atoms with Gasteiger partial charge in [-0.05, 0) is 77.7 Å². The molecule has 138 valence electrons. The van der Waals surface area contributed by atoms with Gasteiger partial charge in [-0.15, -0.1) is 0 Å². The zero-order valence-corrected chi connectivity index (χ0v) is 18.0. The van der Waals surface area contributed by atoms with E-state index in [1.165, 1.54) is 0 Å². The number of carbonyl (C=O) groups is 1. The maximum absolute atomic E-state index is 13.1. The van der Waals surface area contributed by atoms with Gasteiger partial charge in [-0.1, -0.05) is 22.0 Å². The van der Waals surface area contributed by atoms with E-state index in [1.54, 1.807) is 6.20 Å². The van der Waals surface area contributed by atoms with Crippen LogP contribution in [0.5, 0.6) is 5.75 Å². The van der Waals surface area contributed by atoms with Crippen LogP contribution in [0.2, 0.25) is 0 Å². The number of nitrogens with zero attached hydrogens (tertiary/aromatic N) is 2. The number of halogens is 2. The molecule has 1 amide bonds. The van der Waals surface area contributed by atoms with Gasteiger partial charge in [0.05, 0.1) is 9.99 Å². The zero-order valence-electron chi connectivity index (χ0n) is 14.8. The predicted octanol–water partition coefficient (Wildman–Crippen LogP) is 5.64. The van der Waals surface area contributed by atoms with E-state index in [2.05, 4.69) is 36.8 Å². The third-order valence-corrected chi connectivity index (χ3v) is 6.45. The van der Waals surface area contributed by atoms with Gasteiger partial charge < -0.3 is 9.64 Å². The van der Waals surface area contributed by atoms with Crippen LogP contribution in [0.15, 0.2) is 57.6 Å². The Morgan fingerprint density at radius 3 is 2.85 bits per heavy atom. The van der Waals surface area contributed by atoms with E-state index in [-0.39, 0.29) is 5.91 Å². The Balaban J connectivity index is 1.60. The minimum absolute atomic E-state index is 0.00371. The van der Waals surface area contributed by atoms with Crippen LogP contribution in [0, 0.1) is 6.92 Å². The minimum atomic E-state index is -0.500. The summed E-state index contributed by atoms with van der Waals surface area (Å²) in [6, 6.07) is 13.7. The highest BCUT2D eigenvalue weighted by Crippen LogP contribution is 2.34. The smallest absolute Gasteiger partial charge is 0.268 e. The lowest BCUT2D eigenvalue weighted by atomic mass is 10.1. The number of hydrogen-bond donors (Lipinski definition) is 0. The van der Waals surface area contributed by atoms with E-state index in [1.807, 2.05) is 54.3 Å². The number of benzene rings is 2. The highest BCUT2D eigenvalue weighted by atomic mass is 79.9. The highest BCUT2D eigenvalue weighted by molar-refractivity contribution is 9.11. The highest BCUT2D eigenvalue weighted by Gasteiger charge is 2.32. The van der Waals surface area contributed by atoms with Crippen LogP contribution < -0.4 is 9.64 Å². The molecule has 3 aromatic rings. The first-order chi connectivity index (χ1) is 13.0. The number of ether oxygens (including phenoxy) is 1. The van der Waals surface area contributed by atoms with Crippen molar-refractivity contribution in [2.45, 2.75) is 25.9 Å². The average Bonchev–Trinajstić information content (AvgIpc) is 2.68. The Hall–Kier alpha value is -1.92. The number of rotatable bonds is 3. The number of hydrogen-bond acceptors (Lipinski definition) is 3. The molecule has 1 atom stereocenters. The van der Waals surface area contributed by atoms with Crippen molar-refractivity contribution in [1.29, 1.82) is 0 Å². The molecule has 2 aromatic carbocycles. The number of piperidine rings is 1. The Labute approximate surface area is 174 Å². The van der Waals surface area contributed by atoms with Crippen LogP contribution in [0.1, 0.15) is 18.4 Å². The number of amides is 1. The molecule has 4 nitrogen and oxygen atoms in total. The molecule has 1 unspecified atom stereocenters. The van der Waals surface area contributed by atoms with Crippen LogP contribution >= 0.6 is 31.9 Å². The van der Waals surface area contributed by atoms with Gasteiger partial charge >= 0.3 is 0 Å². The van der Waals surface area contributed by atoms with Gasteiger partial charge in [0.1, 0.15) is 5.75 Å². The fourth-order valence-corrected chi connectivity index (χ4v) is 4.14. The standard InChI is InChI=1S/C21H18Br2N2O2/c1-13-12-15(7-8-16(13)22)25-11-3-5-18(21(25)26)27-17-9-6-14-4-2-10-24-20(14)19(17)23/h2,4,6-10,12,18H,3,5,11H2,1H3. The molecule has 1 fully saturated rings. The number of carbonyl (C=O) groups excluding carboxylic acids is 1. The van der Waals surface area contributed by atoms with E-state index in [9.17, 15) is 4.79 Å². The first-order valence-electron chi connectivity index (χ1n) is 8.82. The van der Waals surface area contributed by atoms with Crippen molar-refractivity contribution < 1.29 is 9.53 Å². The van der Waals surface area contributed by atoms with Gasteiger partial charge in [-0.2, -0.15) is 0 Å². The Kier molecular flexibility index (Phi) is 5.19. The van der Waals surface area contributed by atoms with E-state index >= 15 is 0 Å². The minimum Gasteiger partial charge on any atom is -0.479 e. The summed E-state index contributed by atoms with van der Waals surface area (Å²) in [5, 5.41) is 1.03. The third-order valence-electron chi connectivity index (χ3n) is 4.79. The van der Waals surface area contributed by atoms with Crippen LogP contribution in [0.3, 0.4) is 0 Å². The maximum atomic E-state index is 13.1. The van der Waals surface area contributed by atoms with Crippen LogP contribution in [-0.4, -0.2) is 23.5 Å². The predicted molar refractivity (Wildman–Crippen MR) is 114 cm³/mol. The van der Waals surface area contributed by atoms with E-state index in [0.29, 0.717) is 18.7 Å². The molecule has 1 saturated heterocycles. The second-order valence-electron chi connectivity index (χ2n) is 6.62. The van der Waals surface area contributed by atoms with Gasteiger partial charge in [0.25, 0.3) is 5.91 Å². The number of aromatic nitrogens is 1. The summed E-state index contributed by atoms with van der Waals surface area (Å²) in [5.41, 5.74) is 2.85. The van der Waals surface area contributed by atoms with Crippen molar-refractivity contribution in [3.63, 3.8) is 0 Å². The van der Waals surface area contributed by atoms with Gasteiger partial charge in [0.2, 0.25) is 0 Å². The normalized spacial score (nSPS) is 17.4. The first kappa shape index (κ1) is 18.4. The van der Waals surface area contributed by atoms with Crippen LogP contribution in [-0.2, 0) is 4.79 Å². The number of aryl methyl sites for hydroxylation is 1. The molecule has 4 rings (SSSR count). The summed E-state index contributed by atoms with van der Waals surface area (Å²) < 4.78 is 7.95. The molecule has 2 heterocycles. The quantitative estimate of drug-likeness (QED) is 0.477. The fraction of sp³-hybridized carbons (Fsp3) is 0.238. The number of anilines is 1. The summed E-state index contributed by atoms with van der Waals surface area (Å²) >= 11 is 7.10. The Bertz CT molecular complexity index is 1020. The maximum Gasteiger partial charge on any atom is 0.268 e. The number of pyridine rings is 1. The van der Waals surface area contributed by atoms with Gasteiger partial charge in [0.15, 0.2) is 6.10 Å².